The first-order valence-electron chi connectivity index (χ1n) is 7.04. The Morgan fingerprint density at radius 2 is 2.15 bits per heavy atom. The van der Waals surface area contributed by atoms with Crippen LogP contribution in [0.1, 0.15) is 37.8 Å². The Bertz CT molecular complexity index is 475. The molecule has 0 bridgehead atoms. The summed E-state index contributed by atoms with van der Waals surface area (Å²) in [4.78, 5) is 13.8. The normalized spacial score (nSPS) is 16.4. The van der Waals surface area contributed by atoms with Crippen molar-refractivity contribution in [1.29, 1.82) is 0 Å². The fourth-order valence-electron chi connectivity index (χ4n) is 2.48. The molecule has 1 fully saturated rings. The van der Waals surface area contributed by atoms with Gasteiger partial charge in [-0.1, -0.05) is 22.0 Å². The molecule has 3 nitrogen and oxygen atoms in total. The Morgan fingerprint density at radius 3 is 2.80 bits per heavy atom. The van der Waals surface area contributed by atoms with Gasteiger partial charge in [0.25, 0.3) is 0 Å². The van der Waals surface area contributed by atoms with Crippen LogP contribution in [0.15, 0.2) is 22.7 Å². The molecular formula is C15H20BrFN2O. The lowest BCUT2D eigenvalue weighted by Crippen LogP contribution is -2.31. The molecule has 1 amide bonds. The largest absolute Gasteiger partial charge is 0.343 e. The number of halogens is 2. The molecule has 1 aromatic rings. The maximum atomic E-state index is 13.8. The first-order chi connectivity index (χ1) is 9.58. The van der Waals surface area contributed by atoms with E-state index in [9.17, 15) is 9.18 Å². The Kier molecular flexibility index (Phi) is 5.54. The number of hydrogen-bond donors (Lipinski definition) is 1. The third-order valence-electron chi connectivity index (χ3n) is 3.68. The summed E-state index contributed by atoms with van der Waals surface area (Å²) < 4.78 is 14.5. The number of nitrogens with one attached hydrogen (secondary N) is 1. The van der Waals surface area contributed by atoms with Crippen LogP contribution in [0.5, 0.6) is 0 Å². The Balaban J connectivity index is 1.79. The first kappa shape index (κ1) is 15.4. The van der Waals surface area contributed by atoms with Crippen LogP contribution in [0.3, 0.4) is 0 Å². The maximum Gasteiger partial charge on any atom is 0.223 e. The summed E-state index contributed by atoms with van der Waals surface area (Å²) in [5.41, 5.74) is 0.627. The van der Waals surface area contributed by atoms with Crippen molar-refractivity contribution >= 4 is 21.8 Å². The van der Waals surface area contributed by atoms with Crippen molar-refractivity contribution in [1.82, 2.24) is 10.2 Å². The van der Waals surface area contributed by atoms with Crippen molar-refractivity contribution in [3.05, 3.63) is 34.1 Å². The molecule has 1 atom stereocenters. The molecule has 2 rings (SSSR count). The second-order valence-corrected chi connectivity index (χ2v) is 6.10. The molecule has 1 aromatic carbocycles. The highest BCUT2D eigenvalue weighted by molar-refractivity contribution is 9.10. The Labute approximate surface area is 127 Å². The predicted molar refractivity (Wildman–Crippen MR) is 80.9 cm³/mol. The summed E-state index contributed by atoms with van der Waals surface area (Å²) >= 11 is 3.24. The van der Waals surface area contributed by atoms with Crippen molar-refractivity contribution in [2.45, 2.75) is 32.2 Å². The van der Waals surface area contributed by atoms with Crippen molar-refractivity contribution in [2.75, 3.05) is 19.6 Å². The molecule has 1 N–H and O–H groups in total. The van der Waals surface area contributed by atoms with E-state index in [1.165, 1.54) is 6.07 Å². The van der Waals surface area contributed by atoms with Crippen molar-refractivity contribution < 1.29 is 9.18 Å². The monoisotopic (exact) mass is 342 g/mol. The number of amides is 1. The fraction of sp³-hybridized carbons (Fsp3) is 0.533. The van der Waals surface area contributed by atoms with Gasteiger partial charge >= 0.3 is 0 Å². The van der Waals surface area contributed by atoms with Gasteiger partial charge in [-0.25, -0.2) is 4.39 Å². The average Bonchev–Trinajstić information content (AvgIpc) is 2.92. The molecule has 5 heteroatoms. The smallest absolute Gasteiger partial charge is 0.223 e. The standard InChI is InChI=1S/C15H20BrFN2O/c1-11(13-5-4-12(16)10-14(13)17)18-7-6-15(20)19-8-2-3-9-19/h4-5,10-11,18H,2-3,6-9H2,1H3. The molecule has 1 heterocycles. The number of rotatable bonds is 5. The molecule has 0 radical (unpaired) electrons. The number of likely N-dealkylation sites (tertiary alicyclic amines) is 1. The average molecular weight is 343 g/mol. The molecule has 0 aromatic heterocycles. The maximum absolute atomic E-state index is 13.8. The number of carbonyl (C=O) groups is 1. The molecule has 20 heavy (non-hydrogen) atoms. The molecule has 110 valence electrons. The lowest BCUT2D eigenvalue weighted by Gasteiger charge is -2.18. The lowest BCUT2D eigenvalue weighted by molar-refractivity contribution is -0.130. The van der Waals surface area contributed by atoms with Crippen LogP contribution in [0.2, 0.25) is 0 Å². The van der Waals surface area contributed by atoms with E-state index in [-0.39, 0.29) is 17.8 Å². The van der Waals surface area contributed by atoms with Gasteiger partial charge in [-0.2, -0.15) is 0 Å². The third-order valence-corrected chi connectivity index (χ3v) is 4.17. The van der Waals surface area contributed by atoms with Gasteiger partial charge < -0.3 is 10.2 Å². The fourth-order valence-corrected chi connectivity index (χ4v) is 2.82. The summed E-state index contributed by atoms with van der Waals surface area (Å²) in [6.45, 7) is 4.25. The highest BCUT2D eigenvalue weighted by atomic mass is 79.9. The number of carbonyl (C=O) groups excluding carboxylic acids is 1. The van der Waals surface area contributed by atoms with Gasteiger partial charge in [-0.15, -0.1) is 0 Å². The van der Waals surface area contributed by atoms with Crippen LogP contribution >= 0.6 is 15.9 Å². The van der Waals surface area contributed by atoms with Crippen LogP contribution in [-0.2, 0) is 4.79 Å². The van der Waals surface area contributed by atoms with Crippen LogP contribution < -0.4 is 5.32 Å². The SMILES string of the molecule is CC(NCCC(=O)N1CCCC1)c1ccc(Br)cc1F. The Morgan fingerprint density at radius 1 is 1.45 bits per heavy atom. The summed E-state index contributed by atoms with van der Waals surface area (Å²) in [7, 11) is 0. The predicted octanol–water partition coefficient (Wildman–Crippen LogP) is 3.25. The molecule has 1 aliphatic heterocycles. The second-order valence-electron chi connectivity index (χ2n) is 5.18. The Hall–Kier alpha value is -0.940. The van der Waals surface area contributed by atoms with E-state index in [1.54, 1.807) is 6.07 Å². The van der Waals surface area contributed by atoms with Crippen molar-refractivity contribution in [3.8, 4) is 0 Å². The number of nitrogens with zero attached hydrogens (tertiary/aromatic N) is 1. The number of benzene rings is 1. The van der Waals surface area contributed by atoms with Gasteiger partial charge in [-0.3, -0.25) is 4.79 Å². The van der Waals surface area contributed by atoms with Crippen LogP contribution in [-0.4, -0.2) is 30.4 Å². The zero-order valence-corrected chi connectivity index (χ0v) is 13.2. The minimum Gasteiger partial charge on any atom is -0.343 e. The van der Waals surface area contributed by atoms with E-state index in [0.717, 1.165) is 30.4 Å². The minimum atomic E-state index is -0.231. The summed E-state index contributed by atoms with van der Waals surface area (Å²) in [6, 6.07) is 4.95. The van der Waals surface area contributed by atoms with Gasteiger partial charge in [0, 0.05) is 42.1 Å². The minimum absolute atomic E-state index is 0.102. The molecule has 0 spiro atoms. The topological polar surface area (TPSA) is 32.3 Å². The molecule has 1 unspecified atom stereocenters. The summed E-state index contributed by atoms with van der Waals surface area (Å²) in [6.07, 6.45) is 2.70. The van der Waals surface area contributed by atoms with Gasteiger partial charge in [0.05, 0.1) is 0 Å². The van der Waals surface area contributed by atoms with E-state index in [1.807, 2.05) is 17.9 Å². The molecule has 1 aliphatic rings. The van der Waals surface area contributed by atoms with Gasteiger partial charge in [0.15, 0.2) is 0 Å². The highest BCUT2D eigenvalue weighted by Crippen LogP contribution is 2.20. The van der Waals surface area contributed by atoms with E-state index >= 15 is 0 Å². The third kappa shape index (κ3) is 4.03. The van der Waals surface area contributed by atoms with E-state index < -0.39 is 0 Å². The van der Waals surface area contributed by atoms with E-state index in [2.05, 4.69) is 21.2 Å². The number of hydrogen-bond acceptors (Lipinski definition) is 2. The summed E-state index contributed by atoms with van der Waals surface area (Å²) in [5, 5.41) is 3.21. The van der Waals surface area contributed by atoms with Gasteiger partial charge in [-0.05, 0) is 31.9 Å². The van der Waals surface area contributed by atoms with E-state index in [0.29, 0.717) is 18.5 Å². The van der Waals surface area contributed by atoms with Crippen LogP contribution in [0.4, 0.5) is 4.39 Å². The second kappa shape index (κ2) is 7.18. The van der Waals surface area contributed by atoms with Gasteiger partial charge in [0.1, 0.15) is 5.82 Å². The molecule has 1 saturated heterocycles. The quantitative estimate of drug-likeness (QED) is 0.890. The highest BCUT2D eigenvalue weighted by Gasteiger charge is 2.18. The van der Waals surface area contributed by atoms with Crippen LogP contribution in [0.25, 0.3) is 0 Å². The van der Waals surface area contributed by atoms with Crippen LogP contribution in [0, 0.1) is 5.82 Å². The zero-order valence-electron chi connectivity index (χ0n) is 11.7. The zero-order chi connectivity index (χ0) is 14.5. The lowest BCUT2D eigenvalue weighted by atomic mass is 10.1. The van der Waals surface area contributed by atoms with Crippen molar-refractivity contribution in [3.63, 3.8) is 0 Å². The first-order valence-corrected chi connectivity index (χ1v) is 7.83. The van der Waals surface area contributed by atoms with Crippen molar-refractivity contribution in [2.24, 2.45) is 0 Å². The van der Waals surface area contributed by atoms with Gasteiger partial charge in [0.2, 0.25) is 5.91 Å². The van der Waals surface area contributed by atoms with E-state index in [4.69, 9.17) is 0 Å². The summed E-state index contributed by atoms with van der Waals surface area (Å²) in [5.74, 6) is -0.0382. The molecule has 0 saturated carbocycles. The molecular weight excluding hydrogens is 323 g/mol. The molecule has 0 aliphatic carbocycles.